The lowest BCUT2D eigenvalue weighted by molar-refractivity contribution is -0.121. The molecule has 1 aromatic rings. The second-order valence-electron chi connectivity index (χ2n) is 4.77. The van der Waals surface area contributed by atoms with Gasteiger partial charge in [-0.15, -0.1) is 0 Å². The lowest BCUT2D eigenvalue weighted by Gasteiger charge is -2.08. The fourth-order valence-electron chi connectivity index (χ4n) is 1.86. The number of benzene rings is 1. The van der Waals surface area contributed by atoms with Crippen molar-refractivity contribution in [2.45, 2.75) is 33.1 Å². The van der Waals surface area contributed by atoms with Gasteiger partial charge in [0.1, 0.15) is 5.75 Å². The maximum atomic E-state index is 11.5. The SMILES string of the molecule is Cc1cc(C)cc(OCCC(=O)NCCCCN)c1. The minimum atomic E-state index is 0.0291. The molecule has 3 N–H and O–H groups in total. The predicted molar refractivity (Wildman–Crippen MR) is 77.3 cm³/mol. The Morgan fingerprint density at radius 2 is 1.89 bits per heavy atom. The molecule has 0 atom stereocenters. The summed E-state index contributed by atoms with van der Waals surface area (Å²) in [7, 11) is 0. The summed E-state index contributed by atoms with van der Waals surface area (Å²) < 4.78 is 5.58. The van der Waals surface area contributed by atoms with E-state index in [-0.39, 0.29) is 5.91 Å². The summed E-state index contributed by atoms with van der Waals surface area (Å²) in [6.45, 7) is 5.84. The van der Waals surface area contributed by atoms with E-state index in [1.807, 2.05) is 26.0 Å². The Kier molecular flexibility index (Phi) is 6.97. The molecule has 4 heteroatoms. The van der Waals surface area contributed by atoms with Crippen LogP contribution in [0.3, 0.4) is 0 Å². The number of nitrogens with two attached hydrogens (primary N) is 1. The summed E-state index contributed by atoms with van der Waals surface area (Å²) in [5.41, 5.74) is 7.72. The van der Waals surface area contributed by atoms with E-state index in [9.17, 15) is 4.79 Å². The van der Waals surface area contributed by atoms with Gasteiger partial charge >= 0.3 is 0 Å². The van der Waals surface area contributed by atoms with Crippen LogP contribution in [0.5, 0.6) is 5.75 Å². The number of nitrogens with one attached hydrogen (secondary N) is 1. The topological polar surface area (TPSA) is 64.3 Å². The number of unbranched alkanes of at least 4 members (excludes halogenated alkanes) is 1. The van der Waals surface area contributed by atoms with Gasteiger partial charge in [-0.1, -0.05) is 6.07 Å². The zero-order valence-electron chi connectivity index (χ0n) is 11.9. The molecule has 0 bridgehead atoms. The Morgan fingerprint density at radius 1 is 1.21 bits per heavy atom. The van der Waals surface area contributed by atoms with Crippen molar-refractivity contribution in [2.24, 2.45) is 5.73 Å². The van der Waals surface area contributed by atoms with Gasteiger partial charge in [0.2, 0.25) is 5.91 Å². The highest BCUT2D eigenvalue weighted by Gasteiger charge is 2.02. The molecule has 0 aliphatic rings. The Morgan fingerprint density at radius 3 is 2.53 bits per heavy atom. The van der Waals surface area contributed by atoms with E-state index in [2.05, 4.69) is 11.4 Å². The third-order valence-electron chi connectivity index (χ3n) is 2.75. The number of carbonyl (C=O) groups excluding carboxylic acids is 1. The fraction of sp³-hybridized carbons (Fsp3) is 0.533. The summed E-state index contributed by atoms with van der Waals surface area (Å²) in [5, 5.41) is 2.85. The van der Waals surface area contributed by atoms with Gasteiger partial charge in [0.05, 0.1) is 13.0 Å². The molecular weight excluding hydrogens is 240 g/mol. The lowest BCUT2D eigenvalue weighted by Crippen LogP contribution is -2.26. The third-order valence-corrected chi connectivity index (χ3v) is 2.75. The smallest absolute Gasteiger partial charge is 0.223 e. The Balaban J connectivity index is 2.20. The van der Waals surface area contributed by atoms with Gasteiger partial charge in [0.15, 0.2) is 0 Å². The lowest BCUT2D eigenvalue weighted by atomic mass is 10.1. The second-order valence-corrected chi connectivity index (χ2v) is 4.77. The molecule has 106 valence electrons. The van der Waals surface area contributed by atoms with E-state index >= 15 is 0 Å². The third kappa shape index (κ3) is 6.82. The largest absolute Gasteiger partial charge is 0.493 e. The van der Waals surface area contributed by atoms with Crippen LogP contribution in [-0.4, -0.2) is 25.6 Å². The van der Waals surface area contributed by atoms with Crippen molar-refractivity contribution in [1.82, 2.24) is 5.32 Å². The van der Waals surface area contributed by atoms with Crippen LogP contribution in [0.4, 0.5) is 0 Å². The molecule has 0 aliphatic carbocycles. The van der Waals surface area contributed by atoms with E-state index < -0.39 is 0 Å². The number of ether oxygens (including phenoxy) is 1. The predicted octanol–water partition coefficient (Wildman–Crippen LogP) is 1.93. The molecule has 0 saturated heterocycles. The highest BCUT2D eigenvalue weighted by atomic mass is 16.5. The van der Waals surface area contributed by atoms with Crippen molar-refractivity contribution in [3.8, 4) is 5.75 Å². The monoisotopic (exact) mass is 264 g/mol. The molecule has 0 saturated carbocycles. The second kappa shape index (κ2) is 8.53. The number of hydrogen-bond donors (Lipinski definition) is 2. The summed E-state index contributed by atoms with van der Waals surface area (Å²) >= 11 is 0. The van der Waals surface area contributed by atoms with Crippen molar-refractivity contribution >= 4 is 5.91 Å². The van der Waals surface area contributed by atoms with Crippen molar-refractivity contribution in [3.63, 3.8) is 0 Å². The minimum Gasteiger partial charge on any atom is -0.493 e. The van der Waals surface area contributed by atoms with Gasteiger partial charge in [-0.3, -0.25) is 4.79 Å². The summed E-state index contributed by atoms with van der Waals surface area (Å²) in [4.78, 5) is 11.5. The first-order valence-corrected chi connectivity index (χ1v) is 6.79. The number of carbonyl (C=O) groups is 1. The molecule has 19 heavy (non-hydrogen) atoms. The molecule has 0 heterocycles. The fourth-order valence-corrected chi connectivity index (χ4v) is 1.86. The van der Waals surface area contributed by atoms with Gasteiger partial charge in [-0.05, 0) is 56.5 Å². The summed E-state index contributed by atoms with van der Waals surface area (Å²) in [6.07, 6.45) is 2.26. The number of aryl methyl sites for hydroxylation is 2. The van der Waals surface area contributed by atoms with Gasteiger partial charge in [0, 0.05) is 6.54 Å². The Hall–Kier alpha value is -1.55. The molecule has 4 nitrogen and oxygen atoms in total. The zero-order valence-corrected chi connectivity index (χ0v) is 11.9. The highest BCUT2D eigenvalue weighted by Crippen LogP contribution is 2.16. The first-order valence-electron chi connectivity index (χ1n) is 6.79. The number of hydrogen-bond acceptors (Lipinski definition) is 3. The average Bonchev–Trinajstić information content (AvgIpc) is 2.33. The van der Waals surface area contributed by atoms with Crippen LogP contribution < -0.4 is 15.8 Å². The molecule has 1 aromatic carbocycles. The number of rotatable bonds is 8. The normalized spacial score (nSPS) is 10.3. The van der Waals surface area contributed by atoms with Crippen LogP contribution in [-0.2, 0) is 4.79 Å². The van der Waals surface area contributed by atoms with Gasteiger partial charge in [-0.25, -0.2) is 0 Å². The molecule has 0 unspecified atom stereocenters. The van der Waals surface area contributed by atoms with E-state index in [0.29, 0.717) is 26.1 Å². The molecule has 0 aliphatic heterocycles. The maximum Gasteiger partial charge on any atom is 0.223 e. The van der Waals surface area contributed by atoms with E-state index in [1.165, 1.54) is 11.1 Å². The molecule has 0 aromatic heterocycles. The van der Waals surface area contributed by atoms with Gasteiger partial charge in [-0.2, -0.15) is 0 Å². The van der Waals surface area contributed by atoms with Crippen LogP contribution in [0.2, 0.25) is 0 Å². The molecule has 0 fully saturated rings. The van der Waals surface area contributed by atoms with E-state index in [4.69, 9.17) is 10.5 Å². The first kappa shape index (κ1) is 15.5. The standard InChI is InChI=1S/C15H24N2O2/c1-12-9-13(2)11-14(10-12)19-8-5-15(18)17-7-4-3-6-16/h9-11H,3-8,16H2,1-2H3,(H,17,18). The van der Waals surface area contributed by atoms with Crippen LogP contribution >= 0.6 is 0 Å². The highest BCUT2D eigenvalue weighted by molar-refractivity contribution is 5.75. The minimum absolute atomic E-state index is 0.0291. The van der Waals surface area contributed by atoms with Gasteiger partial charge in [0.25, 0.3) is 0 Å². The van der Waals surface area contributed by atoms with Crippen molar-refractivity contribution in [2.75, 3.05) is 19.7 Å². The summed E-state index contributed by atoms with van der Waals surface area (Å²) in [5.74, 6) is 0.856. The van der Waals surface area contributed by atoms with Crippen LogP contribution in [0.15, 0.2) is 18.2 Å². The number of amides is 1. The Bertz CT molecular complexity index is 385. The average molecular weight is 264 g/mol. The molecular formula is C15H24N2O2. The van der Waals surface area contributed by atoms with Crippen LogP contribution in [0.1, 0.15) is 30.4 Å². The molecule has 1 amide bonds. The quantitative estimate of drug-likeness (QED) is 0.705. The van der Waals surface area contributed by atoms with Crippen molar-refractivity contribution < 1.29 is 9.53 Å². The van der Waals surface area contributed by atoms with Crippen LogP contribution in [0.25, 0.3) is 0 Å². The van der Waals surface area contributed by atoms with E-state index in [1.54, 1.807) is 0 Å². The van der Waals surface area contributed by atoms with Gasteiger partial charge < -0.3 is 15.8 Å². The zero-order chi connectivity index (χ0) is 14.1. The Labute approximate surface area is 115 Å². The van der Waals surface area contributed by atoms with Crippen LogP contribution in [0, 0.1) is 13.8 Å². The van der Waals surface area contributed by atoms with Crippen molar-refractivity contribution in [1.29, 1.82) is 0 Å². The molecule has 0 spiro atoms. The molecule has 1 rings (SSSR count). The molecule has 0 radical (unpaired) electrons. The van der Waals surface area contributed by atoms with E-state index in [0.717, 1.165) is 18.6 Å². The van der Waals surface area contributed by atoms with Crippen molar-refractivity contribution in [3.05, 3.63) is 29.3 Å². The maximum absolute atomic E-state index is 11.5. The summed E-state index contributed by atoms with van der Waals surface area (Å²) in [6, 6.07) is 6.05. The first-order chi connectivity index (χ1) is 9.11.